The molecule has 2 unspecified atom stereocenters. The molecule has 0 aliphatic carbocycles. The number of hydrogen-bond donors (Lipinski definition) is 2. The third-order valence-corrected chi connectivity index (χ3v) is 6.77. The molecule has 0 bridgehead atoms. The van der Waals surface area contributed by atoms with Gasteiger partial charge < -0.3 is 15.8 Å². The van der Waals surface area contributed by atoms with Crippen LogP contribution >= 0.6 is 0 Å². The first kappa shape index (κ1) is 28.1. The molecule has 9 heteroatoms. The Morgan fingerprint density at radius 2 is 2.14 bits per heavy atom. The van der Waals surface area contributed by atoms with Crippen LogP contribution in [-0.4, -0.2) is 54.7 Å². The van der Waals surface area contributed by atoms with Crippen LogP contribution in [0.3, 0.4) is 0 Å². The number of nitrogens with one attached hydrogen (secondary N) is 1. The van der Waals surface area contributed by atoms with Gasteiger partial charge in [0.1, 0.15) is 0 Å². The zero-order chi connectivity index (χ0) is 26.0. The fourth-order valence-electron chi connectivity index (χ4n) is 4.54. The largest absolute Gasteiger partial charge is 0.416 e. The van der Waals surface area contributed by atoms with Crippen molar-refractivity contribution >= 4 is 5.91 Å². The third-order valence-electron chi connectivity index (χ3n) is 6.77. The van der Waals surface area contributed by atoms with Crippen LogP contribution in [-0.2, 0) is 35.1 Å². The number of amides is 1. The summed E-state index contributed by atoms with van der Waals surface area (Å²) in [6.45, 7) is 6.26. The number of aromatic nitrogens is 1. The molecule has 0 saturated carbocycles. The maximum Gasteiger partial charge on any atom is 0.416 e. The molecule has 1 amide bonds. The minimum absolute atomic E-state index is 0.0791. The monoisotopic (exact) mass is 506 g/mol. The van der Waals surface area contributed by atoms with E-state index >= 15 is 0 Å². The predicted octanol–water partition coefficient (Wildman–Crippen LogP) is 3.97. The molecule has 1 fully saturated rings. The number of carbonyl (C=O) groups excluding carboxylic acids is 1. The van der Waals surface area contributed by atoms with Gasteiger partial charge in [-0.2, -0.15) is 13.2 Å². The van der Waals surface area contributed by atoms with Gasteiger partial charge in [0.05, 0.1) is 18.7 Å². The smallest absolute Gasteiger partial charge is 0.380 e. The molecule has 0 spiro atoms. The summed E-state index contributed by atoms with van der Waals surface area (Å²) in [6, 6.07) is 8.53. The number of rotatable bonds is 9. The van der Waals surface area contributed by atoms with E-state index in [1.807, 2.05) is 18.5 Å². The quantitative estimate of drug-likeness (QED) is 0.538. The number of primary amides is 1. The van der Waals surface area contributed by atoms with E-state index in [2.05, 4.69) is 23.3 Å². The number of carbonyl (C=O) groups is 1. The number of nitrogens with two attached hydrogens (primary N) is 1. The molecule has 3 heterocycles. The summed E-state index contributed by atoms with van der Waals surface area (Å²) in [6.07, 6.45) is 4.90. The van der Waals surface area contributed by atoms with Gasteiger partial charge in [0.15, 0.2) is 0 Å². The number of alkyl halides is 3. The molecular weight excluding hydrogens is 469 g/mol. The standard InChI is InChI=1S/C15H24N2O.C12H13F3N2O/c1-2-13(11-17-15-7-9-18-12-15)5-6-14-4-3-8-16-10-14;13-12(14,15)10-2-1-8-3-4-17(7-11(16)18)6-9(8)5-10/h3-4,8,10,13,15,17H,2,5-7,9,11-12H2,1H3;1-2,5H,3-4,6-7H2,(H2,16,18). The molecule has 1 aromatic carbocycles. The number of pyridine rings is 1. The lowest BCUT2D eigenvalue weighted by Crippen LogP contribution is -2.37. The molecule has 2 atom stereocenters. The second-order valence-electron chi connectivity index (χ2n) is 9.55. The van der Waals surface area contributed by atoms with Gasteiger partial charge in [-0.15, -0.1) is 0 Å². The molecule has 36 heavy (non-hydrogen) atoms. The zero-order valence-electron chi connectivity index (χ0n) is 20.9. The van der Waals surface area contributed by atoms with Crippen LogP contribution in [0.5, 0.6) is 0 Å². The number of ether oxygens (including phenoxy) is 1. The molecule has 4 rings (SSSR count). The van der Waals surface area contributed by atoms with Crippen molar-refractivity contribution < 1.29 is 22.7 Å². The normalized spacial score (nSPS) is 18.7. The number of nitrogens with zero attached hydrogens (tertiary/aromatic N) is 2. The first-order chi connectivity index (χ1) is 17.2. The van der Waals surface area contributed by atoms with E-state index in [-0.39, 0.29) is 6.54 Å². The van der Waals surface area contributed by atoms with Crippen LogP contribution in [0.4, 0.5) is 13.2 Å². The Balaban J connectivity index is 0.000000201. The van der Waals surface area contributed by atoms with Crippen LogP contribution in [0.1, 0.15) is 48.4 Å². The highest BCUT2D eigenvalue weighted by molar-refractivity contribution is 5.76. The summed E-state index contributed by atoms with van der Waals surface area (Å²) in [5, 5.41) is 3.63. The van der Waals surface area contributed by atoms with E-state index in [0.717, 1.165) is 49.8 Å². The van der Waals surface area contributed by atoms with Gasteiger partial charge in [0.2, 0.25) is 5.91 Å². The highest BCUT2D eigenvalue weighted by Crippen LogP contribution is 2.32. The van der Waals surface area contributed by atoms with Crippen LogP contribution in [0.15, 0.2) is 42.7 Å². The molecule has 2 aliphatic heterocycles. The molecule has 2 aliphatic rings. The summed E-state index contributed by atoms with van der Waals surface area (Å²) in [5.41, 5.74) is 7.31. The predicted molar refractivity (Wildman–Crippen MR) is 133 cm³/mol. The fraction of sp³-hybridized carbons (Fsp3) is 0.556. The van der Waals surface area contributed by atoms with Gasteiger partial charge in [-0.3, -0.25) is 14.7 Å². The summed E-state index contributed by atoms with van der Waals surface area (Å²) >= 11 is 0. The molecule has 0 radical (unpaired) electrons. The Morgan fingerprint density at radius 1 is 1.31 bits per heavy atom. The Bertz CT molecular complexity index is 950. The van der Waals surface area contributed by atoms with E-state index in [1.165, 1.54) is 30.9 Å². The van der Waals surface area contributed by atoms with Gasteiger partial charge in [-0.1, -0.05) is 25.5 Å². The number of hydrogen-bond acceptors (Lipinski definition) is 5. The van der Waals surface area contributed by atoms with E-state index in [4.69, 9.17) is 10.5 Å². The lowest BCUT2D eigenvalue weighted by atomic mass is 9.97. The zero-order valence-corrected chi connectivity index (χ0v) is 20.9. The van der Waals surface area contributed by atoms with Gasteiger partial charge in [-0.25, -0.2) is 0 Å². The summed E-state index contributed by atoms with van der Waals surface area (Å²) in [5.74, 6) is 0.288. The lowest BCUT2D eigenvalue weighted by Gasteiger charge is -2.28. The molecule has 3 N–H and O–H groups in total. The van der Waals surface area contributed by atoms with E-state index in [9.17, 15) is 18.0 Å². The minimum Gasteiger partial charge on any atom is -0.380 e. The Kier molecular flexibility index (Phi) is 10.7. The van der Waals surface area contributed by atoms with Crippen LogP contribution in [0.2, 0.25) is 0 Å². The first-order valence-electron chi connectivity index (χ1n) is 12.6. The van der Waals surface area contributed by atoms with Gasteiger partial charge in [0.25, 0.3) is 0 Å². The third kappa shape index (κ3) is 9.19. The lowest BCUT2D eigenvalue weighted by molar-refractivity contribution is -0.137. The van der Waals surface area contributed by atoms with Gasteiger partial charge in [0, 0.05) is 38.1 Å². The van der Waals surface area contributed by atoms with Crippen molar-refractivity contribution in [2.24, 2.45) is 11.7 Å². The molecular formula is C27H37F3N4O2. The minimum atomic E-state index is -4.33. The average molecular weight is 507 g/mol. The van der Waals surface area contributed by atoms with Crippen LogP contribution in [0, 0.1) is 5.92 Å². The van der Waals surface area contributed by atoms with E-state index < -0.39 is 17.6 Å². The van der Waals surface area contributed by atoms with Crippen molar-refractivity contribution in [3.8, 4) is 0 Å². The van der Waals surface area contributed by atoms with Crippen LogP contribution in [0.25, 0.3) is 0 Å². The topological polar surface area (TPSA) is 80.5 Å². The van der Waals surface area contributed by atoms with E-state index in [1.54, 1.807) is 4.90 Å². The summed E-state index contributed by atoms with van der Waals surface area (Å²) in [7, 11) is 0. The van der Waals surface area contributed by atoms with E-state index in [0.29, 0.717) is 31.1 Å². The Hall–Kier alpha value is -2.49. The van der Waals surface area contributed by atoms with Crippen LogP contribution < -0.4 is 11.1 Å². The SMILES string of the molecule is CCC(CCc1cccnc1)CNC1CCOC1.NC(=O)CN1CCc2ccc(C(F)(F)F)cc2C1. The van der Waals surface area contributed by atoms with Crippen molar-refractivity contribution in [2.45, 2.75) is 57.8 Å². The molecule has 1 aromatic heterocycles. The summed E-state index contributed by atoms with van der Waals surface area (Å²) < 4.78 is 43.1. The second kappa shape index (κ2) is 13.7. The Morgan fingerprint density at radius 3 is 2.78 bits per heavy atom. The van der Waals surface area contributed by atoms with Crippen molar-refractivity contribution in [1.29, 1.82) is 0 Å². The number of fused-ring (bicyclic) bond motifs is 1. The number of benzene rings is 1. The summed E-state index contributed by atoms with van der Waals surface area (Å²) in [4.78, 5) is 16.7. The Labute approximate surface area is 211 Å². The molecule has 1 saturated heterocycles. The maximum atomic E-state index is 12.6. The van der Waals surface area contributed by atoms with Crippen molar-refractivity contribution in [3.05, 3.63) is 65.0 Å². The first-order valence-corrected chi connectivity index (χ1v) is 12.6. The van der Waals surface area contributed by atoms with Crippen molar-refractivity contribution in [3.63, 3.8) is 0 Å². The maximum absolute atomic E-state index is 12.6. The number of halogens is 3. The van der Waals surface area contributed by atoms with Gasteiger partial charge >= 0.3 is 6.18 Å². The second-order valence-corrected chi connectivity index (χ2v) is 9.55. The van der Waals surface area contributed by atoms with Crippen molar-refractivity contribution in [2.75, 3.05) is 32.8 Å². The molecule has 2 aromatic rings. The highest BCUT2D eigenvalue weighted by atomic mass is 19.4. The highest BCUT2D eigenvalue weighted by Gasteiger charge is 2.31. The molecule has 198 valence electrons. The number of aryl methyl sites for hydroxylation is 1. The van der Waals surface area contributed by atoms with Crippen molar-refractivity contribution in [1.82, 2.24) is 15.2 Å². The molecule has 6 nitrogen and oxygen atoms in total. The average Bonchev–Trinajstić information content (AvgIpc) is 3.37. The van der Waals surface area contributed by atoms with Gasteiger partial charge in [-0.05, 0) is 73.0 Å². The fourth-order valence-corrected chi connectivity index (χ4v) is 4.54.